The maximum atomic E-state index is 13.7. The zero-order valence-electron chi connectivity index (χ0n) is 35.8. The highest BCUT2D eigenvalue weighted by Crippen LogP contribution is 2.75. The predicted molar refractivity (Wildman–Crippen MR) is 216 cm³/mol. The summed E-state index contributed by atoms with van der Waals surface area (Å²) >= 11 is 0. The first-order valence-electron chi connectivity index (χ1n) is 21.1. The first-order chi connectivity index (χ1) is 26.1. The number of nitrogens with two attached hydrogens (primary N) is 1. The molecule has 1 saturated heterocycles. The number of aliphatic carboxylic acids is 1. The molecule has 0 unspecified atom stereocenters. The molecule has 2 aromatic rings. The summed E-state index contributed by atoms with van der Waals surface area (Å²) in [6.07, 6.45) is 12.6. The molecule has 3 saturated carbocycles. The lowest BCUT2D eigenvalue weighted by Gasteiger charge is -2.71. The maximum absolute atomic E-state index is 13.7. The third-order valence-electron chi connectivity index (χ3n) is 17.4. The van der Waals surface area contributed by atoms with Gasteiger partial charge in [0.25, 0.3) is 0 Å². The van der Waals surface area contributed by atoms with E-state index in [9.17, 15) is 14.7 Å². The van der Waals surface area contributed by atoms with Crippen LogP contribution in [0.4, 0.5) is 4.79 Å². The van der Waals surface area contributed by atoms with Gasteiger partial charge in [-0.2, -0.15) is 5.10 Å². The number of carbonyl (C=O) groups excluding carboxylic acids is 1. The standard InChI is InChI=1S/C45H68N6O5/c1-27(2)28(3)41(8)18-19-42(9)30-12-13-33-40(7)22-32(51-36(48-26-49-51)29-15-20-47-21-16-29)35(56-24-44(11,39(4,5)6)50-38(46)54)45(33,25-55-23-40)31(30)14-17-43(42,10)34(41)37(52)53/h14-16,20-21,26-28,30,32-35H,12-13,17-19,22-25H2,1-11H3,(H,52,53)(H3,46,50,54)/t28-,30+,32-,33-,34-,35+,40-,41-,42-,43+,44+,45+/m1/s1. The fourth-order valence-corrected chi connectivity index (χ4v) is 13.3. The van der Waals surface area contributed by atoms with Crippen LogP contribution in [0.2, 0.25) is 0 Å². The number of fused-ring (bicyclic) bond motifs is 3. The number of hydrogen-bond donors (Lipinski definition) is 3. The number of allylic oxidation sites excluding steroid dienone is 1. The number of carboxylic acids is 1. The average molecular weight is 773 g/mol. The van der Waals surface area contributed by atoms with E-state index in [1.54, 1.807) is 18.7 Å². The molecular formula is C45H68N6O5. The number of carboxylic acid groups (broad SMARTS) is 1. The van der Waals surface area contributed by atoms with Crippen LogP contribution in [0.25, 0.3) is 11.4 Å². The third kappa shape index (κ3) is 5.82. The lowest BCUT2D eigenvalue weighted by Crippen LogP contribution is -2.70. The number of aromatic nitrogens is 4. The van der Waals surface area contributed by atoms with Crippen LogP contribution in [0.3, 0.4) is 0 Å². The highest BCUT2D eigenvalue weighted by atomic mass is 16.5. The molecule has 5 aliphatic rings. The summed E-state index contributed by atoms with van der Waals surface area (Å²) in [5, 5.41) is 19.3. The SMILES string of the molecule is CC(C)[C@@H](C)[C@@]1(C)CC[C@]2(C)[C@H]3CC[C@@H]4[C@@]5(C)COC[C@@]4(C3=CC[C@@]2(C)[C@@H]1C(=O)O)[C@@H](OC[C@](C)(NC(N)=O)C(C)(C)C)[C@H](n1ncnc1-c1ccncc1)C5. The molecule has 1 aliphatic heterocycles. The van der Waals surface area contributed by atoms with Gasteiger partial charge in [0.15, 0.2) is 5.82 Å². The van der Waals surface area contributed by atoms with E-state index in [0.29, 0.717) is 25.6 Å². The first-order valence-corrected chi connectivity index (χ1v) is 21.1. The molecule has 56 heavy (non-hydrogen) atoms. The van der Waals surface area contributed by atoms with Crippen LogP contribution in [0, 0.1) is 62.1 Å². The van der Waals surface area contributed by atoms with Gasteiger partial charge < -0.3 is 25.6 Å². The van der Waals surface area contributed by atoms with E-state index in [0.717, 1.165) is 43.5 Å². The summed E-state index contributed by atoms with van der Waals surface area (Å²) in [5.74, 6) is 0.677. The second kappa shape index (κ2) is 13.6. The number of carbonyl (C=O) groups is 2. The fourth-order valence-electron chi connectivity index (χ4n) is 13.3. The molecule has 4 N–H and O–H groups in total. The number of pyridine rings is 1. The van der Waals surface area contributed by atoms with E-state index >= 15 is 0 Å². The van der Waals surface area contributed by atoms with Gasteiger partial charge in [0.2, 0.25) is 0 Å². The molecule has 11 heteroatoms. The summed E-state index contributed by atoms with van der Waals surface area (Å²) in [6, 6.07) is 3.14. The Kier molecular flexibility index (Phi) is 9.95. The van der Waals surface area contributed by atoms with Gasteiger partial charge in [0.1, 0.15) is 6.33 Å². The molecule has 2 bridgehead atoms. The van der Waals surface area contributed by atoms with Crippen molar-refractivity contribution in [1.82, 2.24) is 25.1 Å². The van der Waals surface area contributed by atoms with Crippen LogP contribution in [-0.4, -0.2) is 68.3 Å². The molecule has 2 aromatic heterocycles. The molecule has 0 aromatic carbocycles. The third-order valence-corrected chi connectivity index (χ3v) is 17.4. The van der Waals surface area contributed by atoms with Crippen LogP contribution < -0.4 is 11.1 Å². The summed E-state index contributed by atoms with van der Waals surface area (Å²) < 4.78 is 16.4. The molecule has 4 fully saturated rings. The van der Waals surface area contributed by atoms with Gasteiger partial charge in [-0.05, 0) is 108 Å². The molecule has 2 amide bonds. The highest BCUT2D eigenvalue weighted by molar-refractivity contribution is 5.73. The summed E-state index contributed by atoms with van der Waals surface area (Å²) in [5.41, 5.74) is 5.21. The Balaban J connectivity index is 1.42. The molecule has 7 rings (SSSR count). The lowest BCUT2D eigenvalue weighted by molar-refractivity contribution is -0.255. The summed E-state index contributed by atoms with van der Waals surface area (Å²) in [6.45, 7) is 25.8. The van der Waals surface area contributed by atoms with Crippen LogP contribution in [0.1, 0.15) is 121 Å². The van der Waals surface area contributed by atoms with Crippen molar-refractivity contribution in [3.63, 3.8) is 0 Å². The number of nitrogens with zero attached hydrogens (tertiary/aromatic N) is 4. The van der Waals surface area contributed by atoms with Gasteiger partial charge in [0.05, 0.1) is 43.4 Å². The lowest BCUT2D eigenvalue weighted by atomic mass is 9.34. The highest BCUT2D eigenvalue weighted by Gasteiger charge is 2.73. The maximum Gasteiger partial charge on any atom is 0.312 e. The molecule has 0 spiro atoms. The van der Waals surface area contributed by atoms with Crippen molar-refractivity contribution in [2.75, 3.05) is 19.8 Å². The van der Waals surface area contributed by atoms with E-state index in [-0.39, 0.29) is 46.6 Å². The zero-order valence-corrected chi connectivity index (χ0v) is 35.8. The molecule has 4 aliphatic carbocycles. The molecule has 3 heterocycles. The number of rotatable bonds is 9. The zero-order chi connectivity index (χ0) is 40.9. The van der Waals surface area contributed by atoms with Crippen LogP contribution in [-0.2, 0) is 14.3 Å². The molecule has 0 radical (unpaired) electrons. The van der Waals surface area contributed by atoms with E-state index < -0.39 is 45.8 Å². The Labute approximate surface area is 334 Å². The van der Waals surface area contributed by atoms with Gasteiger partial charge in [0, 0.05) is 23.4 Å². The van der Waals surface area contributed by atoms with Crippen LogP contribution >= 0.6 is 0 Å². The Morgan fingerprint density at radius 1 is 1.05 bits per heavy atom. The Morgan fingerprint density at radius 2 is 1.75 bits per heavy atom. The van der Waals surface area contributed by atoms with Crippen molar-refractivity contribution in [1.29, 1.82) is 0 Å². The van der Waals surface area contributed by atoms with E-state index in [2.05, 4.69) is 90.3 Å². The largest absolute Gasteiger partial charge is 0.481 e. The molecule has 308 valence electrons. The quantitative estimate of drug-likeness (QED) is 0.215. The normalized spacial score (nSPS) is 39.6. The number of urea groups is 1. The topological polar surface area (TPSA) is 154 Å². The van der Waals surface area contributed by atoms with Crippen molar-refractivity contribution in [3.8, 4) is 11.4 Å². The molecule has 12 atom stereocenters. The van der Waals surface area contributed by atoms with Crippen LogP contribution in [0.15, 0.2) is 42.5 Å². The van der Waals surface area contributed by atoms with Crippen molar-refractivity contribution in [3.05, 3.63) is 42.5 Å². The number of nitrogens with one attached hydrogen (secondary N) is 1. The van der Waals surface area contributed by atoms with Crippen molar-refractivity contribution in [2.45, 2.75) is 132 Å². The van der Waals surface area contributed by atoms with Crippen molar-refractivity contribution >= 4 is 12.0 Å². The van der Waals surface area contributed by atoms with Gasteiger partial charge in [-0.15, -0.1) is 0 Å². The Morgan fingerprint density at radius 3 is 2.38 bits per heavy atom. The monoisotopic (exact) mass is 773 g/mol. The number of hydrogen-bond acceptors (Lipinski definition) is 7. The Bertz CT molecular complexity index is 1860. The second-order valence-corrected chi connectivity index (χ2v) is 21.2. The van der Waals surface area contributed by atoms with E-state index in [1.807, 2.05) is 19.1 Å². The minimum absolute atomic E-state index is 0.155. The van der Waals surface area contributed by atoms with Gasteiger partial charge in [-0.25, -0.2) is 14.5 Å². The first kappa shape index (κ1) is 40.9. The van der Waals surface area contributed by atoms with Gasteiger partial charge in [-0.3, -0.25) is 9.78 Å². The summed E-state index contributed by atoms with van der Waals surface area (Å²) in [4.78, 5) is 35.3. The number of amides is 2. The van der Waals surface area contributed by atoms with Gasteiger partial charge >= 0.3 is 12.0 Å². The molecular weight excluding hydrogens is 705 g/mol. The predicted octanol–water partition coefficient (Wildman–Crippen LogP) is 8.33. The minimum Gasteiger partial charge on any atom is -0.481 e. The second-order valence-electron chi connectivity index (χ2n) is 21.2. The average Bonchev–Trinajstić information content (AvgIpc) is 3.60. The smallest absolute Gasteiger partial charge is 0.312 e. The van der Waals surface area contributed by atoms with Gasteiger partial charge in [-0.1, -0.05) is 80.9 Å². The van der Waals surface area contributed by atoms with Crippen molar-refractivity contribution < 1.29 is 24.2 Å². The van der Waals surface area contributed by atoms with E-state index in [4.69, 9.17) is 25.3 Å². The molecule has 11 nitrogen and oxygen atoms in total. The number of ether oxygens (including phenoxy) is 2. The van der Waals surface area contributed by atoms with Crippen LogP contribution in [0.5, 0.6) is 0 Å². The minimum atomic E-state index is -0.794. The number of primary amides is 1. The summed E-state index contributed by atoms with van der Waals surface area (Å²) in [7, 11) is 0. The van der Waals surface area contributed by atoms with E-state index in [1.165, 1.54) is 5.57 Å². The fraction of sp³-hybridized carbons (Fsp3) is 0.756. The Hall–Kier alpha value is -3.31. The van der Waals surface area contributed by atoms with Crippen molar-refractivity contribution in [2.24, 2.45) is 67.8 Å².